The van der Waals surface area contributed by atoms with E-state index >= 15 is 0 Å². The lowest BCUT2D eigenvalue weighted by Crippen LogP contribution is -2.30. The number of hydrogen-bond donors (Lipinski definition) is 3. The Labute approximate surface area is 201 Å². The number of unbranched alkanes of at least 4 members (excludes halogenated alkanes) is 1. The number of H-pyrrole nitrogens is 1. The van der Waals surface area contributed by atoms with Crippen LogP contribution >= 0.6 is 0 Å². The highest BCUT2D eigenvalue weighted by Crippen LogP contribution is 2.29. The summed E-state index contributed by atoms with van der Waals surface area (Å²) in [7, 11) is 1.81. The molecular weight excluding hydrogens is 426 g/mol. The molecule has 5 rings (SSSR count). The van der Waals surface area contributed by atoms with E-state index < -0.39 is 0 Å². The van der Waals surface area contributed by atoms with E-state index in [1.165, 1.54) is 12.8 Å². The highest BCUT2D eigenvalue weighted by atomic mass is 16.5. The number of aryl methyl sites for hydroxylation is 1. The van der Waals surface area contributed by atoms with Gasteiger partial charge in [-0.05, 0) is 49.2 Å². The monoisotopic (exact) mass is 463 g/mol. The second-order valence-electron chi connectivity index (χ2n) is 8.24. The number of nitrogens with zero attached hydrogens (tertiary/aromatic N) is 4. The Kier molecular flexibility index (Phi) is 9.46. The van der Waals surface area contributed by atoms with Crippen LogP contribution in [0.3, 0.4) is 0 Å². The first-order chi connectivity index (χ1) is 16.6. The number of pyridine rings is 1. The normalized spacial score (nSPS) is 13.5. The molecule has 0 aliphatic carbocycles. The molecule has 8 nitrogen and oxygen atoms in total. The number of nitrogens with one attached hydrogen (secondary N) is 3. The lowest BCUT2D eigenvalue weighted by Gasteiger charge is -2.21. The van der Waals surface area contributed by atoms with Crippen molar-refractivity contribution in [2.24, 2.45) is 0 Å². The molecule has 4 aromatic rings. The van der Waals surface area contributed by atoms with Crippen LogP contribution in [0.25, 0.3) is 27.7 Å². The van der Waals surface area contributed by atoms with Crippen molar-refractivity contribution >= 4 is 22.5 Å². The standard InChI is InChI=1S/C15H14N6.C7H13NO.C4H10/c1-9-6-19-21-4-3-10(5-13(9)21)11-7-17-14-12(11)8-18-15(16-2)20-14;1-2-8-7-3-5-9-6-4-7;1-3-4-2/h3-8H,1-2H3,(H2,16,17,18,20);2,7-8H,1,3-6H2;3-4H2,1-2H3. The van der Waals surface area contributed by atoms with Crippen molar-refractivity contribution < 1.29 is 4.74 Å². The molecule has 0 aromatic carbocycles. The zero-order valence-electron chi connectivity index (χ0n) is 20.8. The quantitative estimate of drug-likeness (QED) is 0.371. The SMILES string of the molecule is C=CNC1CCOCC1.CCCC.CNc1ncc2c(-c3ccn4ncc(C)c4c3)c[nH]c2n1. The lowest BCUT2D eigenvalue weighted by atomic mass is 10.1. The van der Waals surface area contributed by atoms with Crippen LogP contribution in [-0.4, -0.2) is 50.9 Å². The van der Waals surface area contributed by atoms with Crippen LogP contribution in [0.15, 0.2) is 49.7 Å². The van der Waals surface area contributed by atoms with Crippen molar-refractivity contribution in [1.29, 1.82) is 0 Å². The van der Waals surface area contributed by atoms with Gasteiger partial charge in [0.25, 0.3) is 0 Å². The molecule has 1 saturated heterocycles. The number of aromatic nitrogens is 5. The van der Waals surface area contributed by atoms with Gasteiger partial charge in [0.2, 0.25) is 5.95 Å². The van der Waals surface area contributed by atoms with Gasteiger partial charge in [-0.2, -0.15) is 10.1 Å². The summed E-state index contributed by atoms with van der Waals surface area (Å²) < 4.78 is 7.05. The summed E-state index contributed by atoms with van der Waals surface area (Å²) in [5.74, 6) is 0.609. The summed E-state index contributed by atoms with van der Waals surface area (Å²) in [5.41, 5.74) is 5.31. The average molecular weight is 464 g/mol. The summed E-state index contributed by atoms with van der Waals surface area (Å²) in [4.78, 5) is 11.9. The largest absolute Gasteiger partial charge is 0.388 e. The molecule has 182 valence electrons. The fraction of sp³-hybridized carbons (Fsp3) is 0.423. The van der Waals surface area contributed by atoms with Crippen LogP contribution in [0.1, 0.15) is 45.1 Å². The highest BCUT2D eigenvalue weighted by molar-refractivity contribution is 5.94. The second kappa shape index (κ2) is 12.7. The molecule has 1 aliphatic rings. The van der Waals surface area contributed by atoms with Gasteiger partial charge in [0.15, 0.2) is 0 Å². The van der Waals surface area contributed by atoms with Crippen LogP contribution in [-0.2, 0) is 4.74 Å². The second-order valence-corrected chi connectivity index (χ2v) is 8.24. The molecule has 0 unspecified atom stereocenters. The third kappa shape index (κ3) is 6.35. The fourth-order valence-corrected chi connectivity index (χ4v) is 3.57. The van der Waals surface area contributed by atoms with Crippen molar-refractivity contribution in [2.45, 2.75) is 52.5 Å². The molecule has 4 aromatic heterocycles. The number of ether oxygens (including phenoxy) is 1. The van der Waals surface area contributed by atoms with Crippen molar-refractivity contribution in [2.75, 3.05) is 25.6 Å². The molecule has 0 amide bonds. The Morgan fingerprint density at radius 2 is 2.00 bits per heavy atom. The van der Waals surface area contributed by atoms with Gasteiger partial charge in [-0.1, -0.05) is 33.3 Å². The summed E-state index contributed by atoms with van der Waals surface area (Å²) in [6, 6.07) is 4.79. The predicted octanol–water partition coefficient (Wildman–Crippen LogP) is 5.33. The summed E-state index contributed by atoms with van der Waals surface area (Å²) in [6.45, 7) is 11.8. The molecule has 8 heteroatoms. The number of fused-ring (bicyclic) bond motifs is 2. The molecule has 5 heterocycles. The third-order valence-corrected chi connectivity index (χ3v) is 5.76. The smallest absolute Gasteiger partial charge is 0.224 e. The molecule has 34 heavy (non-hydrogen) atoms. The van der Waals surface area contributed by atoms with Gasteiger partial charge in [-0.15, -0.1) is 0 Å². The van der Waals surface area contributed by atoms with Gasteiger partial charge in [0.05, 0.1) is 11.7 Å². The maximum Gasteiger partial charge on any atom is 0.224 e. The van der Waals surface area contributed by atoms with Gasteiger partial charge in [0, 0.05) is 55.8 Å². The van der Waals surface area contributed by atoms with E-state index in [-0.39, 0.29) is 0 Å². The van der Waals surface area contributed by atoms with Crippen molar-refractivity contribution in [3.05, 3.63) is 55.3 Å². The van der Waals surface area contributed by atoms with Crippen LogP contribution in [0.5, 0.6) is 0 Å². The Morgan fingerprint density at radius 3 is 2.68 bits per heavy atom. The number of anilines is 1. The first-order valence-corrected chi connectivity index (χ1v) is 12.0. The molecule has 0 saturated carbocycles. The minimum Gasteiger partial charge on any atom is -0.388 e. The molecule has 0 radical (unpaired) electrons. The van der Waals surface area contributed by atoms with Gasteiger partial charge < -0.3 is 20.4 Å². The maximum atomic E-state index is 5.17. The predicted molar refractivity (Wildman–Crippen MR) is 140 cm³/mol. The van der Waals surface area contributed by atoms with Crippen LogP contribution in [0, 0.1) is 6.92 Å². The minimum absolute atomic E-state index is 0.608. The Balaban J connectivity index is 0.000000208. The fourth-order valence-electron chi connectivity index (χ4n) is 3.57. The van der Waals surface area contributed by atoms with E-state index in [1.54, 1.807) is 13.2 Å². The molecule has 1 fully saturated rings. The van der Waals surface area contributed by atoms with Crippen molar-refractivity contribution in [1.82, 2.24) is 29.9 Å². The van der Waals surface area contributed by atoms with Gasteiger partial charge in [-0.25, -0.2) is 9.50 Å². The van der Waals surface area contributed by atoms with Gasteiger partial charge in [0.1, 0.15) is 5.65 Å². The number of hydrogen-bond acceptors (Lipinski definition) is 6. The van der Waals surface area contributed by atoms with Crippen molar-refractivity contribution in [3.63, 3.8) is 0 Å². The van der Waals surface area contributed by atoms with E-state index in [4.69, 9.17) is 4.74 Å². The molecule has 1 aliphatic heterocycles. The molecular formula is C26H37N7O. The Bertz CT molecular complexity index is 1170. The third-order valence-electron chi connectivity index (χ3n) is 5.76. The van der Waals surface area contributed by atoms with E-state index in [0.717, 1.165) is 59.3 Å². The van der Waals surface area contributed by atoms with Crippen LogP contribution < -0.4 is 10.6 Å². The van der Waals surface area contributed by atoms with Gasteiger partial charge >= 0.3 is 0 Å². The summed E-state index contributed by atoms with van der Waals surface area (Å²) in [5, 5.41) is 11.4. The Hall–Kier alpha value is -3.39. The topological polar surface area (TPSA) is 92.2 Å². The molecule has 3 N–H and O–H groups in total. The molecule has 0 bridgehead atoms. The van der Waals surface area contributed by atoms with Crippen LogP contribution in [0.2, 0.25) is 0 Å². The van der Waals surface area contributed by atoms with E-state index in [1.807, 2.05) is 35.4 Å². The minimum atomic E-state index is 0.608. The summed E-state index contributed by atoms with van der Waals surface area (Å²) in [6.07, 6.45) is 14.3. The van der Waals surface area contributed by atoms with E-state index in [9.17, 15) is 0 Å². The number of aromatic amines is 1. The zero-order valence-corrected chi connectivity index (χ0v) is 20.8. The highest BCUT2D eigenvalue weighted by Gasteiger charge is 2.11. The summed E-state index contributed by atoms with van der Waals surface area (Å²) >= 11 is 0. The number of rotatable bonds is 5. The van der Waals surface area contributed by atoms with Crippen LogP contribution in [0.4, 0.5) is 5.95 Å². The lowest BCUT2D eigenvalue weighted by molar-refractivity contribution is 0.0812. The van der Waals surface area contributed by atoms with E-state index in [2.05, 4.69) is 64.1 Å². The van der Waals surface area contributed by atoms with Gasteiger partial charge in [-0.3, -0.25) is 0 Å². The molecule has 0 atom stereocenters. The first-order valence-electron chi connectivity index (χ1n) is 12.0. The first kappa shape index (κ1) is 25.2. The zero-order chi connectivity index (χ0) is 24.3. The average Bonchev–Trinajstić information content (AvgIpc) is 3.48. The Morgan fingerprint density at radius 1 is 1.24 bits per heavy atom. The molecule has 0 spiro atoms. The van der Waals surface area contributed by atoms with Crippen molar-refractivity contribution in [3.8, 4) is 11.1 Å². The van der Waals surface area contributed by atoms with E-state index in [0.29, 0.717) is 12.0 Å². The maximum absolute atomic E-state index is 5.17.